The van der Waals surface area contributed by atoms with Gasteiger partial charge < -0.3 is 5.32 Å². The van der Waals surface area contributed by atoms with Gasteiger partial charge in [0, 0.05) is 37.7 Å². The summed E-state index contributed by atoms with van der Waals surface area (Å²) in [6.45, 7) is 3.53. The lowest BCUT2D eigenvalue weighted by Gasteiger charge is -2.16. The van der Waals surface area contributed by atoms with Crippen LogP contribution in [0.5, 0.6) is 0 Å². The van der Waals surface area contributed by atoms with Crippen molar-refractivity contribution < 1.29 is 0 Å². The van der Waals surface area contributed by atoms with Gasteiger partial charge in [-0.15, -0.1) is 0 Å². The van der Waals surface area contributed by atoms with Crippen molar-refractivity contribution in [2.45, 2.75) is 20.0 Å². The zero-order chi connectivity index (χ0) is 13.7. The lowest BCUT2D eigenvalue weighted by atomic mass is 10.2. The van der Waals surface area contributed by atoms with E-state index in [1.807, 2.05) is 32.3 Å². The van der Waals surface area contributed by atoms with Crippen molar-refractivity contribution in [3.8, 4) is 0 Å². The van der Waals surface area contributed by atoms with Gasteiger partial charge in [-0.2, -0.15) is 0 Å². The Labute approximate surface area is 113 Å². The van der Waals surface area contributed by atoms with Crippen molar-refractivity contribution in [1.82, 2.24) is 19.9 Å². The van der Waals surface area contributed by atoms with Crippen LogP contribution in [0.4, 0.5) is 5.82 Å². The number of aromatic nitrogens is 3. The van der Waals surface area contributed by atoms with Crippen LogP contribution in [0.1, 0.15) is 17.1 Å². The van der Waals surface area contributed by atoms with Crippen LogP contribution in [0.15, 0.2) is 30.6 Å². The molecule has 0 radical (unpaired) electrons. The highest BCUT2D eigenvalue weighted by Crippen LogP contribution is 2.08. The lowest BCUT2D eigenvalue weighted by Crippen LogP contribution is -2.19. The number of pyridine rings is 1. The van der Waals surface area contributed by atoms with Crippen LogP contribution in [0.3, 0.4) is 0 Å². The molecular weight excluding hydrogens is 238 g/mol. The van der Waals surface area contributed by atoms with Gasteiger partial charge in [-0.3, -0.25) is 9.88 Å². The van der Waals surface area contributed by atoms with Gasteiger partial charge >= 0.3 is 0 Å². The Morgan fingerprint density at radius 1 is 1.26 bits per heavy atom. The molecule has 0 spiro atoms. The van der Waals surface area contributed by atoms with Crippen LogP contribution >= 0.6 is 0 Å². The SMILES string of the molecule is CNc1cc(C)nc(CN(C)Cc2cccnc2)n1. The van der Waals surface area contributed by atoms with E-state index in [0.29, 0.717) is 6.54 Å². The quantitative estimate of drug-likeness (QED) is 0.886. The number of nitrogens with zero attached hydrogens (tertiary/aromatic N) is 4. The molecule has 2 heterocycles. The highest BCUT2D eigenvalue weighted by molar-refractivity contribution is 5.34. The standard InChI is InChI=1S/C14H19N5/c1-11-7-13(15-2)18-14(17-11)10-19(3)9-12-5-4-6-16-8-12/h4-8H,9-10H2,1-3H3,(H,15,17,18). The predicted octanol–water partition coefficient (Wildman–Crippen LogP) is 1.85. The maximum atomic E-state index is 4.45. The smallest absolute Gasteiger partial charge is 0.144 e. The van der Waals surface area contributed by atoms with E-state index in [0.717, 1.165) is 23.9 Å². The summed E-state index contributed by atoms with van der Waals surface area (Å²) in [6, 6.07) is 5.95. The molecular formula is C14H19N5. The molecule has 0 aliphatic carbocycles. The minimum absolute atomic E-state index is 0.714. The Bertz CT molecular complexity index is 527. The van der Waals surface area contributed by atoms with Crippen LogP contribution in [-0.4, -0.2) is 33.9 Å². The van der Waals surface area contributed by atoms with E-state index in [1.54, 1.807) is 6.20 Å². The summed E-state index contributed by atoms with van der Waals surface area (Å²) >= 11 is 0. The first kappa shape index (κ1) is 13.4. The Hall–Kier alpha value is -2.01. The highest BCUT2D eigenvalue weighted by Gasteiger charge is 2.06. The Kier molecular flexibility index (Phi) is 4.41. The first-order chi connectivity index (χ1) is 9.17. The molecule has 5 nitrogen and oxygen atoms in total. The van der Waals surface area contributed by atoms with Crippen LogP contribution in [0, 0.1) is 6.92 Å². The van der Waals surface area contributed by atoms with Gasteiger partial charge in [0.25, 0.3) is 0 Å². The molecule has 0 aromatic carbocycles. The van der Waals surface area contributed by atoms with E-state index in [9.17, 15) is 0 Å². The van der Waals surface area contributed by atoms with E-state index >= 15 is 0 Å². The number of hydrogen-bond acceptors (Lipinski definition) is 5. The topological polar surface area (TPSA) is 53.9 Å². The second-order valence-corrected chi connectivity index (χ2v) is 4.59. The van der Waals surface area contributed by atoms with E-state index in [1.165, 1.54) is 5.56 Å². The number of hydrogen-bond donors (Lipinski definition) is 1. The van der Waals surface area contributed by atoms with Crippen molar-refractivity contribution in [2.24, 2.45) is 0 Å². The Morgan fingerprint density at radius 2 is 2.11 bits per heavy atom. The summed E-state index contributed by atoms with van der Waals surface area (Å²) < 4.78 is 0. The molecule has 5 heteroatoms. The molecule has 0 fully saturated rings. The number of rotatable bonds is 5. The molecule has 2 rings (SSSR count). The number of anilines is 1. The Balaban J connectivity index is 2.02. The number of nitrogens with one attached hydrogen (secondary N) is 1. The second kappa shape index (κ2) is 6.24. The van der Waals surface area contributed by atoms with Gasteiger partial charge in [-0.05, 0) is 25.6 Å². The first-order valence-corrected chi connectivity index (χ1v) is 6.27. The van der Waals surface area contributed by atoms with Crippen molar-refractivity contribution in [3.05, 3.63) is 47.7 Å². The van der Waals surface area contributed by atoms with Gasteiger partial charge in [0.05, 0.1) is 6.54 Å². The molecule has 0 amide bonds. The van der Waals surface area contributed by atoms with Gasteiger partial charge in [0.15, 0.2) is 0 Å². The second-order valence-electron chi connectivity index (χ2n) is 4.59. The lowest BCUT2D eigenvalue weighted by molar-refractivity contribution is 0.310. The Morgan fingerprint density at radius 3 is 2.79 bits per heavy atom. The van der Waals surface area contributed by atoms with Crippen molar-refractivity contribution >= 4 is 5.82 Å². The van der Waals surface area contributed by atoms with Gasteiger partial charge in [0.2, 0.25) is 0 Å². The predicted molar refractivity (Wildman–Crippen MR) is 75.7 cm³/mol. The summed E-state index contributed by atoms with van der Waals surface area (Å²) in [4.78, 5) is 15.2. The molecule has 100 valence electrons. The van der Waals surface area contributed by atoms with Gasteiger partial charge in [-0.1, -0.05) is 6.07 Å². The summed E-state index contributed by atoms with van der Waals surface area (Å²) in [5, 5.41) is 3.05. The maximum absolute atomic E-state index is 4.45. The average Bonchev–Trinajstić information content (AvgIpc) is 2.38. The van der Waals surface area contributed by atoms with Crippen LogP contribution in [0.2, 0.25) is 0 Å². The fourth-order valence-electron chi connectivity index (χ4n) is 1.93. The zero-order valence-electron chi connectivity index (χ0n) is 11.6. The van der Waals surface area contributed by atoms with E-state index in [-0.39, 0.29) is 0 Å². The van der Waals surface area contributed by atoms with Crippen molar-refractivity contribution in [2.75, 3.05) is 19.4 Å². The monoisotopic (exact) mass is 257 g/mol. The average molecular weight is 257 g/mol. The molecule has 0 aliphatic heterocycles. The molecule has 19 heavy (non-hydrogen) atoms. The van der Waals surface area contributed by atoms with E-state index in [4.69, 9.17) is 0 Å². The van der Waals surface area contributed by atoms with Crippen LogP contribution in [0.25, 0.3) is 0 Å². The normalized spacial score (nSPS) is 10.7. The minimum Gasteiger partial charge on any atom is -0.373 e. The fourth-order valence-corrected chi connectivity index (χ4v) is 1.93. The highest BCUT2D eigenvalue weighted by atomic mass is 15.1. The molecule has 0 unspecified atom stereocenters. The van der Waals surface area contributed by atoms with E-state index < -0.39 is 0 Å². The third-order valence-electron chi connectivity index (χ3n) is 2.74. The summed E-state index contributed by atoms with van der Waals surface area (Å²) in [5.74, 6) is 1.69. The molecule has 2 aromatic heterocycles. The maximum Gasteiger partial charge on any atom is 0.144 e. The molecule has 0 atom stereocenters. The fraction of sp³-hybridized carbons (Fsp3) is 0.357. The third kappa shape index (κ3) is 3.99. The van der Waals surface area contributed by atoms with Gasteiger partial charge in [-0.25, -0.2) is 9.97 Å². The summed E-state index contributed by atoms with van der Waals surface area (Å²) in [7, 11) is 3.92. The van der Waals surface area contributed by atoms with Crippen LogP contribution < -0.4 is 5.32 Å². The number of aryl methyl sites for hydroxylation is 1. The molecule has 0 saturated heterocycles. The van der Waals surface area contributed by atoms with Crippen molar-refractivity contribution in [1.29, 1.82) is 0 Å². The molecule has 1 N–H and O–H groups in total. The molecule has 0 saturated carbocycles. The first-order valence-electron chi connectivity index (χ1n) is 6.27. The van der Waals surface area contributed by atoms with Gasteiger partial charge in [0.1, 0.15) is 11.6 Å². The molecule has 0 bridgehead atoms. The van der Waals surface area contributed by atoms with E-state index in [2.05, 4.69) is 38.3 Å². The minimum atomic E-state index is 0.714. The molecule has 2 aromatic rings. The largest absolute Gasteiger partial charge is 0.373 e. The third-order valence-corrected chi connectivity index (χ3v) is 2.74. The summed E-state index contributed by atoms with van der Waals surface area (Å²) in [6.07, 6.45) is 3.67. The molecule has 0 aliphatic rings. The summed E-state index contributed by atoms with van der Waals surface area (Å²) in [5.41, 5.74) is 2.16. The van der Waals surface area contributed by atoms with Crippen molar-refractivity contribution in [3.63, 3.8) is 0 Å². The zero-order valence-corrected chi connectivity index (χ0v) is 11.6. The van der Waals surface area contributed by atoms with Crippen LogP contribution in [-0.2, 0) is 13.1 Å².